The van der Waals surface area contributed by atoms with Crippen molar-refractivity contribution in [1.82, 2.24) is 9.62 Å². The minimum absolute atomic E-state index is 0.0956. The van der Waals surface area contributed by atoms with E-state index >= 15 is 0 Å². The Morgan fingerprint density at radius 1 is 1.09 bits per heavy atom. The number of hydrogen-bond donors (Lipinski definition) is 1. The molecule has 3 fully saturated rings. The molecule has 3 aliphatic rings. The second kappa shape index (κ2) is 5.31. The summed E-state index contributed by atoms with van der Waals surface area (Å²) >= 11 is 0. The lowest BCUT2D eigenvalue weighted by Crippen LogP contribution is -2.34. The Kier molecular flexibility index (Phi) is 3.50. The number of carbonyl (C=O) groups is 1. The third-order valence-electron chi connectivity index (χ3n) is 5.88. The zero-order valence-corrected chi connectivity index (χ0v) is 14.1. The van der Waals surface area contributed by atoms with Crippen LogP contribution < -0.4 is 5.32 Å². The van der Waals surface area contributed by atoms with E-state index in [9.17, 15) is 13.2 Å². The highest BCUT2D eigenvalue weighted by molar-refractivity contribution is 7.89. The van der Waals surface area contributed by atoms with Crippen LogP contribution in [0.2, 0.25) is 0 Å². The summed E-state index contributed by atoms with van der Waals surface area (Å²) in [5.74, 6) is 1.27. The van der Waals surface area contributed by atoms with Crippen molar-refractivity contribution in [2.24, 2.45) is 23.7 Å². The van der Waals surface area contributed by atoms with E-state index in [0.29, 0.717) is 42.3 Å². The molecule has 0 radical (unpaired) electrons. The molecule has 6 heteroatoms. The Bertz CT molecular complexity index is 729. The Balaban J connectivity index is 1.58. The molecule has 1 amide bonds. The first kappa shape index (κ1) is 15.1. The molecular formula is C17H22N2O3S. The monoisotopic (exact) mass is 334 g/mol. The van der Waals surface area contributed by atoms with Gasteiger partial charge in [0.05, 0.1) is 4.90 Å². The molecule has 5 nitrogen and oxygen atoms in total. The molecule has 4 atom stereocenters. The highest BCUT2D eigenvalue weighted by Gasteiger charge is 2.51. The van der Waals surface area contributed by atoms with Gasteiger partial charge in [-0.3, -0.25) is 4.79 Å². The van der Waals surface area contributed by atoms with Crippen molar-refractivity contribution in [3.8, 4) is 0 Å². The van der Waals surface area contributed by atoms with Gasteiger partial charge in [-0.05, 0) is 49.7 Å². The Morgan fingerprint density at radius 3 is 2.57 bits per heavy atom. The summed E-state index contributed by atoms with van der Waals surface area (Å²) in [4.78, 5) is 12.3. The Labute approximate surface area is 137 Å². The predicted molar refractivity (Wildman–Crippen MR) is 86.1 cm³/mol. The van der Waals surface area contributed by atoms with E-state index in [1.54, 1.807) is 16.4 Å². The fraction of sp³-hybridized carbons (Fsp3) is 0.588. The number of rotatable bonds is 2. The fourth-order valence-corrected chi connectivity index (χ4v) is 6.11. The van der Waals surface area contributed by atoms with E-state index in [1.165, 1.54) is 0 Å². The van der Waals surface area contributed by atoms with Crippen LogP contribution in [0.15, 0.2) is 29.2 Å². The SMILES string of the molecule is Cc1ccc(S(=O)(=O)N2CC3CCC4C(=O)NCC4C3C2)cc1. The van der Waals surface area contributed by atoms with Gasteiger partial charge >= 0.3 is 0 Å². The number of amides is 1. The van der Waals surface area contributed by atoms with Crippen LogP contribution in [0.25, 0.3) is 0 Å². The van der Waals surface area contributed by atoms with Crippen molar-refractivity contribution in [2.45, 2.75) is 24.7 Å². The lowest BCUT2D eigenvalue weighted by atomic mass is 9.69. The highest BCUT2D eigenvalue weighted by atomic mass is 32.2. The molecule has 23 heavy (non-hydrogen) atoms. The standard InChI is InChI=1S/C17H22N2O3S/c1-11-2-5-13(6-3-11)23(21,22)19-9-12-4-7-14-15(16(12)10-19)8-18-17(14)20/h2-3,5-6,12,14-16H,4,7-10H2,1H3,(H,18,20). The van der Waals surface area contributed by atoms with Crippen LogP contribution in [-0.4, -0.2) is 38.3 Å². The third-order valence-corrected chi connectivity index (χ3v) is 7.73. The number of benzene rings is 1. The third kappa shape index (κ3) is 2.39. The van der Waals surface area contributed by atoms with Gasteiger partial charge in [-0.15, -0.1) is 0 Å². The van der Waals surface area contributed by atoms with Gasteiger partial charge in [0.1, 0.15) is 0 Å². The normalized spacial score (nSPS) is 34.0. The molecule has 1 aromatic rings. The van der Waals surface area contributed by atoms with Gasteiger partial charge in [-0.2, -0.15) is 4.31 Å². The number of carbonyl (C=O) groups excluding carboxylic acids is 1. The van der Waals surface area contributed by atoms with Crippen LogP contribution in [0.3, 0.4) is 0 Å². The molecule has 2 heterocycles. The van der Waals surface area contributed by atoms with Crippen molar-refractivity contribution >= 4 is 15.9 Å². The summed E-state index contributed by atoms with van der Waals surface area (Å²) in [6.45, 7) is 3.81. The highest BCUT2D eigenvalue weighted by Crippen LogP contribution is 2.46. The molecule has 0 aromatic heterocycles. The summed E-state index contributed by atoms with van der Waals surface area (Å²) in [7, 11) is -3.43. The minimum atomic E-state index is -3.43. The van der Waals surface area contributed by atoms with Gasteiger partial charge in [-0.25, -0.2) is 8.42 Å². The van der Waals surface area contributed by atoms with Crippen LogP contribution >= 0.6 is 0 Å². The zero-order chi connectivity index (χ0) is 16.2. The molecular weight excluding hydrogens is 312 g/mol. The Hall–Kier alpha value is -1.40. The maximum Gasteiger partial charge on any atom is 0.243 e. The van der Waals surface area contributed by atoms with Crippen molar-refractivity contribution in [3.05, 3.63) is 29.8 Å². The summed E-state index contributed by atoms with van der Waals surface area (Å²) < 4.78 is 27.4. The van der Waals surface area contributed by atoms with Crippen molar-refractivity contribution in [1.29, 1.82) is 0 Å². The number of nitrogens with one attached hydrogen (secondary N) is 1. The molecule has 1 saturated carbocycles. The molecule has 4 rings (SSSR count). The molecule has 2 saturated heterocycles. The molecule has 124 valence electrons. The van der Waals surface area contributed by atoms with Crippen LogP contribution in [0.5, 0.6) is 0 Å². The largest absolute Gasteiger partial charge is 0.356 e. The summed E-state index contributed by atoms with van der Waals surface area (Å²) in [6.07, 6.45) is 1.86. The zero-order valence-electron chi connectivity index (χ0n) is 13.2. The van der Waals surface area contributed by atoms with Crippen molar-refractivity contribution in [2.75, 3.05) is 19.6 Å². The molecule has 0 bridgehead atoms. The van der Waals surface area contributed by atoms with Crippen LogP contribution in [0.1, 0.15) is 18.4 Å². The van der Waals surface area contributed by atoms with E-state index in [-0.39, 0.29) is 11.8 Å². The average Bonchev–Trinajstić information content (AvgIpc) is 3.12. The van der Waals surface area contributed by atoms with Gasteiger partial charge in [0, 0.05) is 25.6 Å². The maximum absolute atomic E-state index is 12.9. The van der Waals surface area contributed by atoms with E-state index in [4.69, 9.17) is 0 Å². The van der Waals surface area contributed by atoms with Crippen LogP contribution in [-0.2, 0) is 14.8 Å². The van der Waals surface area contributed by atoms with Crippen molar-refractivity contribution < 1.29 is 13.2 Å². The topological polar surface area (TPSA) is 66.5 Å². The molecule has 1 aromatic carbocycles. The van der Waals surface area contributed by atoms with Gasteiger partial charge in [0.2, 0.25) is 15.9 Å². The number of sulfonamides is 1. The predicted octanol–water partition coefficient (Wildman–Crippen LogP) is 1.39. The lowest BCUT2D eigenvalue weighted by molar-refractivity contribution is -0.124. The fourth-order valence-electron chi connectivity index (χ4n) is 4.58. The maximum atomic E-state index is 12.9. The lowest BCUT2D eigenvalue weighted by Gasteiger charge is -2.33. The summed E-state index contributed by atoms with van der Waals surface area (Å²) in [5.41, 5.74) is 1.05. The molecule has 4 unspecified atom stereocenters. The van der Waals surface area contributed by atoms with E-state index in [0.717, 1.165) is 18.4 Å². The van der Waals surface area contributed by atoms with Crippen molar-refractivity contribution in [3.63, 3.8) is 0 Å². The number of aryl methyl sites for hydroxylation is 1. The molecule has 2 aliphatic heterocycles. The summed E-state index contributed by atoms with van der Waals surface area (Å²) in [6, 6.07) is 7.06. The second-order valence-electron chi connectivity index (χ2n) is 7.15. The smallest absolute Gasteiger partial charge is 0.243 e. The first-order chi connectivity index (χ1) is 11.0. The number of fused-ring (bicyclic) bond motifs is 3. The first-order valence-corrected chi connectivity index (χ1v) is 9.75. The first-order valence-electron chi connectivity index (χ1n) is 8.31. The summed E-state index contributed by atoms with van der Waals surface area (Å²) in [5, 5.41) is 2.96. The Morgan fingerprint density at radius 2 is 1.83 bits per heavy atom. The molecule has 0 spiro atoms. The van der Waals surface area contributed by atoms with Crippen LogP contribution in [0, 0.1) is 30.6 Å². The number of nitrogens with zero attached hydrogens (tertiary/aromatic N) is 1. The second-order valence-corrected chi connectivity index (χ2v) is 9.09. The van der Waals surface area contributed by atoms with Gasteiger partial charge in [0.25, 0.3) is 0 Å². The van der Waals surface area contributed by atoms with Gasteiger partial charge in [-0.1, -0.05) is 17.7 Å². The van der Waals surface area contributed by atoms with E-state index in [2.05, 4.69) is 5.32 Å². The van der Waals surface area contributed by atoms with Gasteiger partial charge in [0.15, 0.2) is 0 Å². The van der Waals surface area contributed by atoms with Crippen LogP contribution in [0.4, 0.5) is 0 Å². The number of hydrogen-bond acceptors (Lipinski definition) is 3. The van der Waals surface area contributed by atoms with E-state index < -0.39 is 10.0 Å². The van der Waals surface area contributed by atoms with Gasteiger partial charge < -0.3 is 5.32 Å². The molecule has 1 N–H and O–H groups in total. The average molecular weight is 334 g/mol. The minimum Gasteiger partial charge on any atom is -0.356 e. The molecule has 1 aliphatic carbocycles. The quantitative estimate of drug-likeness (QED) is 0.889. The van der Waals surface area contributed by atoms with E-state index in [1.807, 2.05) is 19.1 Å².